The molecule has 0 aliphatic carbocycles. The summed E-state index contributed by atoms with van der Waals surface area (Å²) < 4.78 is 5.26. The highest BCUT2D eigenvalue weighted by atomic mass is 16.5. The zero-order chi connectivity index (χ0) is 14.6. The van der Waals surface area contributed by atoms with Crippen molar-refractivity contribution in [3.63, 3.8) is 0 Å². The Labute approximate surface area is 116 Å². The second-order valence-electron chi connectivity index (χ2n) is 4.91. The van der Waals surface area contributed by atoms with Crippen molar-refractivity contribution in [2.75, 3.05) is 13.2 Å². The number of aromatic nitrogens is 2. The third-order valence-electron chi connectivity index (χ3n) is 3.75. The molecule has 1 unspecified atom stereocenters. The summed E-state index contributed by atoms with van der Waals surface area (Å²) >= 11 is 0. The molecule has 110 valence electrons. The van der Waals surface area contributed by atoms with Crippen LogP contribution in [0.25, 0.3) is 0 Å². The molecule has 5 N–H and O–H groups in total. The molecular formula is C12H19N5O3. The minimum atomic E-state index is -1.01. The third-order valence-corrected chi connectivity index (χ3v) is 3.75. The van der Waals surface area contributed by atoms with Crippen LogP contribution in [0.2, 0.25) is 0 Å². The first-order valence-electron chi connectivity index (χ1n) is 6.45. The van der Waals surface area contributed by atoms with E-state index < -0.39 is 5.41 Å². The van der Waals surface area contributed by atoms with Crippen LogP contribution in [0.15, 0.2) is 17.5 Å². The van der Waals surface area contributed by atoms with E-state index in [1.807, 2.05) is 6.92 Å². The fraction of sp³-hybridized carbons (Fsp3) is 0.583. The Bertz CT molecular complexity index is 479. The number of oxime groups is 1. The molecule has 1 aliphatic heterocycles. The number of rotatable bonds is 4. The number of amides is 1. The Morgan fingerprint density at radius 1 is 1.65 bits per heavy atom. The number of ether oxygens (including phenoxy) is 1. The van der Waals surface area contributed by atoms with Crippen molar-refractivity contribution < 1.29 is 14.7 Å². The van der Waals surface area contributed by atoms with E-state index in [-0.39, 0.29) is 17.8 Å². The summed E-state index contributed by atoms with van der Waals surface area (Å²) in [5.41, 5.74) is 5.60. The zero-order valence-electron chi connectivity index (χ0n) is 11.3. The molecule has 0 bridgehead atoms. The summed E-state index contributed by atoms with van der Waals surface area (Å²) in [6, 6.07) is -0.215. The first kappa shape index (κ1) is 14.3. The molecular weight excluding hydrogens is 262 g/mol. The Kier molecular flexibility index (Phi) is 4.23. The Balaban J connectivity index is 2.15. The molecule has 20 heavy (non-hydrogen) atoms. The van der Waals surface area contributed by atoms with Gasteiger partial charge in [0.15, 0.2) is 5.84 Å². The lowest BCUT2D eigenvalue weighted by Crippen LogP contribution is -2.53. The van der Waals surface area contributed by atoms with Crippen LogP contribution in [0.4, 0.5) is 0 Å². The summed E-state index contributed by atoms with van der Waals surface area (Å²) in [4.78, 5) is 12.6. The summed E-state index contributed by atoms with van der Waals surface area (Å²) in [5.74, 6) is -0.331. The number of hydrogen-bond donors (Lipinski definition) is 4. The van der Waals surface area contributed by atoms with Crippen LogP contribution in [0.1, 0.15) is 31.4 Å². The third kappa shape index (κ3) is 2.60. The number of carbonyl (C=O) groups is 1. The molecule has 2 heterocycles. The van der Waals surface area contributed by atoms with Gasteiger partial charge in [0, 0.05) is 25.0 Å². The lowest BCUT2D eigenvalue weighted by atomic mass is 9.78. The maximum Gasteiger partial charge on any atom is 0.234 e. The highest BCUT2D eigenvalue weighted by Crippen LogP contribution is 2.32. The maximum absolute atomic E-state index is 12.6. The monoisotopic (exact) mass is 281 g/mol. The lowest BCUT2D eigenvalue weighted by molar-refractivity contribution is -0.132. The van der Waals surface area contributed by atoms with E-state index in [2.05, 4.69) is 20.7 Å². The minimum Gasteiger partial charge on any atom is -0.409 e. The van der Waals surface area contributed by atoms with Crippen LogP contribution in [-0.2, 0) is 9.53 Å². The van der Waals surface area contributed by atoms with Crippen LogP contribution in [0.3, 0.4) is 0 Å². The number of aromatic amines is 1. The fourth-order valence-electron chi connectivity index (χ4n) is 2.33. The molecule has 1 aliphatic rings. The van der Waals surface area contributed by atoms with Crippen LogP contribution in [0, 0.1) is 5.41 Å². The first-order valence-corrected chi connectivity index (χ1v) is 6.45. The number of H-pyrrole nitrogens is 1. The fourth-order valence-corrected chi connectivity index (χ4v) is 2.33. The summed E-state index contributed by atoms with van der Waals surface area (Å²) in [5, 5.41) is 21.4. The van der Waals surface area contributed by atoms with Gasteiger partial charge in [-0.15, -0.1) is 0 Å². The van der Waals surface area contributed by atoms with Crippen molar-refractivity contribution >= 4 is 11.7 Å². The molecule has 1 saturated heterocycles. The molecule has 0 aromatic carbocycles. The molecule has 8 nitrogen and oxygen atoms in total. The second-order valence-corrected chi connectivity index (χ2v) is 4.91. The Hall–Kier alpha value is -2.09. The molecule has 1 atom stereocenters. The van der Waals surface area contributed by atoms with Gasteiger partial charge in [0.2, 0.25) is 5.91 Å². The van der Waals surface area contributed by atoms with Crippen LogP contribution < -0.4 is 11.1 Å². The van der Waals surface area contributed by atoms with Crippen molar-refractivity contribution in [1.29, 1.82) is 0 Å². The van der Waals surface area contributed by atoms with E-state index in [9.17, 15) is 4.79 Å². The molecule has 0 saturated carbocycles. The standard InChI is InChI=1S/C12H19N5O3/c1-8(9-6-14-15-7-9)16-11(18)12(10(13)17-19)2-4-20-5-3-12/h6-8,19H,2-5H2,1H3,(H2,13,17)(H,14,15)(H,16,18). The van der Waals surface area contributed by atoms with E-state index in [0.717, 1.165) is 5.56 Å². The normalized spacial score (nSPS) is 20.4. The molecule has 1 aromatic rings. The average Bonchev–Trinajstić information content (AvgIpc) is 3.01. The topological polar surface area (TPSA) is 126 Å². The van der Waals surface area contributed by atoms with E-state index in [4.69, 9.17) is 15.7 Å². The summed E-state index contributed by atoms with van der Waals surface area (Å²) in [6.45, 7) is 2.66. The molecule has 0 radical (unpaired) electrons. The van der Waals surface area contributed by atoms with Crippen LogP contribution in [-0.4, -0.2) is 40.4 Å². The minimum absolute atomic E-state index is 0.0716. The second kappa shape index (κ2) is 5.91. The van der Waals surface area contributed by atoms with Crippen molar-refractivity contribution in [3.05, 3.63) is 18.0 Å². The average molecular weight is 281 g/mol. The number of nitrogens with zero attached hydrogens (tertiary/aromatic N) is 2. The molecule has 2 rings (SSSR count). The maximum atomic E-state index is 12.6. The molecule has 1 amide bonds. The zero-order valence-corrected chi connectivity index (χ0v) is 11.3. The smallest absolute Gasteiger partial charge is 0.234 e. The van der Waals surface area contributed by atoms with Gasteiger partial charge >= 0.3 is 0 Å². The summed E-state index contributed by atoms with van der Waals surface area (Å²) in [6.07, 6.45) is 4.15. The van der Waals surface area contributed by atoms with Crippen LogP contribution in [0.5, 0.6) is 0 Å². The predicted molar refractivity (Wildman–Crippen MR) is 71.0 cm³/mol. The van der Waals surface area contributed by atoms with Gasteiger partial charge in [-0.1, -0.05) is 5.16 Å². The van der Waals surface area contributed by atoms with Crippen molar-refractivity contribution in [1.82, 2.24) is 15.5 Å². The Morgan fingerprint density at radius 3 is 2.90 bits per heavy atom. The van der Waals surface area contributed by atoms with Gasteiger partial charge in [-0.05, 0) is 19.8 Å². The largest absolute Gasteiger partial charge is 0.409 e. The van der Waals surface area contributed by atoms with E-state index in [1.165, 1.54) is 0 Å². The van der Waals surface area contributed by atoms with Gasteiger partial charge in [-0.2, -0.15) is 5.10 Å². The van der Waals surface area contributed by atoms with Gasteiger partial charge in [0.1, 0.15) is 5.41 Å². The van der Waals surface area contributed by atoms with Gasteiger partial charge in [-0.25, -0.2) is 0 Å². The molecule has 1 aromatic heterocycles. The van der Waals surface area contributed by atoms with Crippen molar-refractivity contribution in [2.45, 2.75) is 25.8 Å². The number of nitrogens with two attached hydrogens (primary N) is 1. The van der Waals surface area contributed by atoms with Gasteiger partial charge < -0.3 is 21.0 Å². The van der Waals surface area contributed by atoms with Gasteiger partial charge in [0.05, 0.1) is 12.2 Å². The van der Waals surface area contributed by atoms with Crippen LogP contribution >= 0.6 is 0 Å². The Morgan fingerprint density at radius 2 is 2.35 bits per heavy atom. The van der Waals surface area contributed by atoms with Gasteiger partial charge in [-0.3, -0.25) is 9.89 Å². The first-order chi connectivity index (χ1) is 9.60. The number of carbonyl (C=O) groups excluding carboxylic acids is 1. The van der Waals surface area contributed by atoms with Crippen molar-refractivity contribution in [2.24, 2.45) is 16.3 Å². The van der Waals surface area contributed by atoms with Crippen molar-refractivity contribution in [3.8, 4) is 0 Å². The number of nitrogens with one attached hydrogen (secondary N) is 2. The molecule has 8 heteroatoms. The van der Waals surface area contributed by atoms with Gasteiger partial charge in [0.25, 0.3) is 0 Å². The number of amidine groups is 1. The molecule has 0 spiro atoms. The SMILES string of the molecule is CC(NC(=O)C1(C(N)=NO)CCOCC1)c1cn[nH]c1. The van der Waals surface area contributed by atoms with E-state index in [1.54, 1.807) is 12.4 Å². The quantitative estimate of drug-likeness (QED) is 0.270. The highest BCUT2D eigenvalue weighted by Gasteiger charge is 2.44. The lowest BCUT2D eigenvalue weighted by Gasteiger charge is -2.35. The number of hydrogen-bond acceptors (Lipinski definition) is 5. The highest BCUT2D eigenvalue weighted by molar-refractivity contribution is 6.06. The van der Waals surface area contributed by atoms with E-state index in [0.29, 0.717) is 26.1 Å². The predicted octanol–water partition coefficient (Wildman–Crippen LogP) is 0.130. The molecule has 1 fully saturated rings. The van der Waals surface area contributed by atoms with E-state index >= 15 is 0 Å². The summed E-state index contributed by atoms with van der Waals surface area (Å²) in [7, 11) is 0.